The van der Waals surface area contributed by atoms with E-state index in [4.69, 9.17) is 0 Å². The van der Waals surface area contributed by atoms with E-state index < -0.39 is 12.1 Å². The van der Waals surface area contributed by atoms with Crippen LogP contribution in [0, 0.1) is 5.92 Å². The molecular formula is C16H20O3. The van der Waals surface area contributed by atoms with Crippen molar-refractivity contribution in [2.45, 2.75) is 19.4 Å². The Hall–Kier alpha value is -1.87. The molecule has 0 saturated heterocycles. The van der Waals surface area contributed by atoms with Crippen LogP contribution in [0.25, 0.3) is 6.08 Å². The molecular weight excluding hydrogens is 240 g/mol. The Morgan fingerprint density at radius 2 is 2.05 bits per heavy atom. The molecule has 0 aromatic heterocycles. The van der Waals surface area contributed by atoms with Gasteiger partial charge in [0.25, 0.3) is 0 Å². The maximum atomic E-state index is 10.9. The van der Waals surface area contributed by atoms with Crippen LogP contribution in [0.4, 0.5) is 0 Å². The summed E-state index contributed by atoms with van der Waals surface area (Å²) in [6, 6.07) is 9.92. The Bertz CT molecular complexity index is 435. The molecule has 0 aliphatic heterocycles. The molecule has 0 saturated carbocycles. The lowest BCUT2D eigenvalue weighted by molar-refractivity contribution is -0.134. The monoisotopic (exact) mass is 260 g/mol. The lowest BCUT2D eigenvalue weighted by atomic mass is 10.00. The van der Waals surface area contributed by atoms with Gasteiger partial charge in [0.05, 0.1) is 13.2 Å². The fourth-order valence-corrected chi connectivity index (χ4v) is 1.54. The molecule has 1 N–H and O–H groups in total. The van der Waals surface area contributed by atoms with E-state index in [0.717, 1.165) is 5.56 Å². The number of rotatable bonds is 6. The molecule has 0 aliphatic rings. The third kappa shape index (κ3) is 6.02. The summed E-state index contributed by atoms with van der Waals surface area (Å²) in [5, 5.41) is 9.93. The van der Waals surface area contributed by atoms with E-state index in [1.165, 1.54) is 13.2 Å². The van der Waals surface area contributed by atoms with Crippen molar-refractivity contribution >= 4 is 12.0 Å². The van der Waals surface area contributed by atoms with Crippen LogP contribution < -0.4 is 0 Å². The second kappa shape index (κ2) is 8.27. The maximum Gasteiger partial charge on any atom is 0.330 e. The minimum atomic E-state index is -0.513. The van der Waals surface area contributed by atoms with Crippen LogP contribution in [0.15, 0.2) is 48.6 Å². The van der Waals surface area contributed by atoms with Gasteiger partial charge in [-0.25, -0.2) is 4.79 Å². The molecule has 0 amide bonds. The molecule has 1 aromatic carbocycles. The van der Waals surface area contributed by atoms with Crippen molar-refractivity contribution in [2.24, 2.45) is 5.92 Å². The molecule has 3 heteroatoms. The first-order chi connectivity index (χ1) is 9.13. The van der Waals surface area contributed by atoms with Crippen molar-refractivity contribution in [3.63, 3.8) is 0 Å². The van der Waals surface area contributed by atoms with Crippen molar-refractivity contribution in [2.75, 3.05) is 7.11 Å². The number of benzene rings is 1. The number of hydrogen-bond donors (Lipinski definition) is 1. The summed E-state index contributed by atoms with van der Waals surface area (Å²) in [4.78, 5) is 10.9. The van der Waals surface area contributed by atoms with E-state index in [9.17, 15) is 9.90 Å². The van der Waals surface area contributed by atoms with Gasteiger partial charge in [-0.15, -0.1) is 0 Å². The van der Waals surface area contributed by atoms with E-state index >= 15 is 0 Å². The van der Waals surface area contributed by atoms with Crippen molar-refractivity contribution in [3.8, 4) is 0 Å². The summed E-state index contributed by atoms with van der Waals surface area (Å²) in [7, 11) is 1.33. The average molecular weight is 260 g/mol. The molecule has 19 heavy (non-hydrogen) atoms. The number of methoxy groups -OCH3 is 1. The Balaban J connectivity index is 2.44. The summed E-state index contributed by atoms with van der Waals surface area (Å²) < 4.78 is 4.48. The molecule has 0 fully saturated rings. The van der Waals surface area contributed by atoms with Crippen LogP contribution >= 0.6 is 0 Å². The van der Waals surface area contributed by atoms with Crippen LogP contribution in [-0.4, -0.2) is 24.3 Å². The average Bonchev–Trinajstić information content (AvgIpc) is 2.45. The highest BCUT2D eigenvalue weighted by molar-refractivity contribution is 5.81. The lowest BCUT2D eigenvalue weighted by Crippen LogP contribution is -2.14. The van der Waals surface area contributed by atoms with Crippen molar-refractivity contribution in [3.05, 3.63) is 54.1 Å². The van der Waals surface area contributed by atoms with Gasteiger partial charge in [0.1, 0.15) is 0 Å². The first-order valence-electron chi connectivity index (χ1n) is 6.29. The fraction of sp³-hybridized carbons (Fsp3) is 0.312. The third-order valence-electron chi connectivity index (χ3n) is 2.83. The zero-order valence-corrected chi connectivity index (χ0v) is 11.3. The van der Waals surface area contributed by atoms with Gasteiger partial charge in [-0.05, 0) is 12.0 Å². The second-order valence-corrected chi connectivity index (χ2v) is 4.36. The number of ether oxygens (including phenoxy) is 1. The van der Waals surface area contributed by atoms with Crippen LogP contribution in [0.3, 0.4) is 0 Å². The summed E-state index contributed by atoms with van der Waals surface area (Å²) in [6.45, 7) is 1.94. The highest BCUT2D eigenvalue weighted by atomic mass is 16.5. The smallest absolute Gasteiger partial charge is 0.330 e. The van der Waals surface area contributed by atoms with E-state index in [1.54, 1.807) is 6.08 Å². The predicted molar refractivity (Wildman–Crippen MR) is 76.4 cm³/mol. The number of aliphatic hydroxyl groups excluding tert-OH is 1. The van der Waals surface area contributed by atoms with Gasteiger partial charge in [-0.1, -0.05) is 55.5 Å². The normalized spacial score (nSPS) is 14.7. The van der Waals surface area contributed by atoms with Crippen molar-refractivity contribution in [1.82, 2.24) is 0 Å². The Kier molecular flexibility index (Phi) is 6.61. The molecule has 102 valence electrons. The molecule has 0 bridgehead atoms. The number of hydrogen-bond acceptors (Lipinski definition) is 3. The predicted octanol–water partition coefficient (Wildman–Crippen LogP) is 2.82. The molecule has 0 heterocycles. The largest absolute Gasteiger partial charge is 0.466 e. The highest BCUT2D eigenvalue weighted by Crippen LogP contribution is 2.12. The topological polar surface area (TPSA) is 46.5 Å². The van der Waals surface area contributed by atoms with Gasteiger partial charge in [0.15, 0.2) is 0 Å². The second-order valence-electron chi connectivity index (χ2n) is 4.36. The quantitative estimate of drug-likeness (QED) is 0.632. The number of aliphatic hydroxyl groups is 1. The lowest BCUT2D eigenvalue weighted by Gasteiger charge is -2.13. The van der Waals surface area contributed by atoms with Gasteiger partial charge in [-0.3, -0.25) is 0 Å². The van der Waals surface area contributed by atoms with Gasteiger partial charge < -0.3 is 9.84 Å². The van der Waals surface area contributed by atoms with E-state index in [-0.39, 0.29) is 5.92 Å². The molecule has 0 aliphatic carbocycles. The van der Waals surface area contributed by atoms with Crippen molar-refractivity contribution in [1.29, 1.82) is 0 Å². The molecule has 1 aromatic rings. The Morgan fingerprint density at radius 1 is 1.37 bits per heavy atom. The minimum Gasteiger partial charge on any atom is -0.466 e. The van der Waals surface area contributed by atoms with Gasteiger partial charge in [0, 0.05) is 12.0 Å². The van der Waals surface area contributed by atoms with Crippen LogP contribution in [0.2, 0.25) is 0 Å². The fourth-order valence-electron chi connectivity index (χ4n) is 1.54. The van der Waals surface area contributed by atoms with Gasteiger partial charge >= 0.3 is 5.97 Å². The van der Waals surface area contributed by atoms with Gasteiger partial charge in [-0.2, -0.15) is 0 Å². The summed E-state index contributed by atoms with van der Waals surface area (Å²) in [6.07, 6.45) is 6.82. The maximum absolute atomic E-state index is 10.9. The first kappa shape index (κ1) is 15.2. The third-order valence-corrected chi connectivity index (χ3v) is 2.83. The number of esters is 1. The van der Waals surface area contributed by atoms with E-state index in [2.05, 4.69) is 4.74 Å². The summed E-state index contributed by atoms with van der Waals surface area (Å²) >= 11 is 0. The molecule has 1 rings (SSSR count). The number of carbonyl (C=O) groups is 1. The van der Waals surface area contributed by atoms with Crippen molar-refractivity contribution < 1.29 is 14.6 Å². The zero-order chi connectivity index (χ0) is 14.1. The summed E-state index contributed by atoms with van der Waals surface area (Å²) in [5.74, 6) is -0.387. The molecule has 3 nitrogen and oxygen atoms in total. The molecule has 0 radical (unpaired) electrons. The summed E-state index contributed by atoms with van der Waals surface area (Å²) in [5.41, 5.74) is 1.10. The van der Waals surface area contributed by atoms with Crippen LogP contribution in [0.1, 0.15) is 18.9 Å². The molecule has 0 spiro atoms. The molecule has 0 unspecified atom stereocenters. The molecule has 2 atom stereocenters. The Morgan fingerprint density at radius 3 is 2.68 bits per heavy atom. The van der Waals surface area contributed by atoms with E-state index in [0.29, 0.717) is 6.42 Å². The van der Waals surface area contributed by atoms with E-state index in [1.807, 2.05) is 49.4 Å². The first-order valence-corrected chi connectivity index (χ1v) is 6.29. The van der Waals surface area contributed by atoms with Gasteiger partial charge in [0.2, 0.25) is 0 Å². The SMILES string of the molecule is COC(=O)/C=C/C[C@H](O)[C@H](C)/C=C/c1ccccc1. The Labute approximate surface area is 114 Å². The standard InChI is InChI=1S/C16H20O3/c1-13(11-12-14-7-4-3-5-8-14)15(17)9-6-10-16(18)19-2/h3-8,10-13,15,17H,9H2,1-2H3/b10-6+,12-11+/t13-,15+/m1/s1. The van der Waals surface area contributed by atoms with Crippen LogP contribution in [0.5, 0.6) is 0 Å². The minimum absolute atomic E-state index is 0.0162. The zero-order valence-electron chi connectivity index (χ0n) is 11.3. The number of carbonyl (C=O) groups excluding carboxylic acids is 1. The highest BCUT2D eigenvalue weighted by Gasteiger charge is 2.09. The van der Waals surface area contributed by atoms with Crippen LogP contribution in [-0.2, 0) is 9.53 Å².